The van der Waals surface area contributed by atoms with Gasteiger partial charge in [0.2, 0.25) is 0 Å². The first kappa shape index (κ1) is 11.2. The fourth-order valence-corrected chi connectivity index (χ4v) is 3.28. The minimum absolute atomic E-state index is 0.00553. The van der Waals surface area contributed by atoms with Gasteiger partial charge in [0, 0.05) is 0 Å². The summed E-state index contributed by atoms with van der Waals surface area (Å²) in [5, 5.41) is 10.9. The van der Waals surface area contributed by atoms with Crippen LogP contribution >= 0.6 is 0 Å². The van der Waals surface area contributed by atoms with Crippen LogP contribution < -0.4 is 0 Å². The van der Waals surface area contributed by atoms with E-state index >= 15 is 0 Å². The number of rotatable bonds is 0. The Labute approximate surface area is 93.6 Å². The van der Waals surface area contributed by atoms with Crippen molar-refractivity contribution in [2.45, 2.75) is 71.3 Å². The van der Waals surface area contributed by atoms with Crippen molar-refractivity contribution in [3.05, 3.63) is 11.1 Å². The standard InChI is InChI=1S/C14H24O/c1-13(2,3)14(15)10-6-9-12(14)11-7-4-5-8-11/h15H,4-10H2,1-3H3. The molecule has 2 saturated carbocycles. The molecule has 2 rings (SSSR count). The van der Waals surface area contributed by atoms with Gasteiger partial charge in [0.05, 0.1) is 5.60 Å². The van der Waals surface area contributed by atoms with Crippen LogP contribution in [0, 0.1) is 5.41 Å². The maximum atomic E-state index is 10.9. The quantitative estimate of drug-likeness (QED) is 0.600. The summed E-state index contributed by atoms with van der Waals surface area (Å²) in [7, 11) is 0. The Morgan fingerprint density at radius 2 is 1.60 bits per heavy atom. The van der Waals surface area contributed by atoms with Gasteiger partial charge in [-0.15, -0.1) is 0 Å². The van der Waals surface area contributed by atoms with Crippen LogP contribution in [0.25, 0.3) is 0 Å². The van der Waals surface area contributed by atoms with Crippen molar-refractivity contribution in [3.8, 4) is 0 Å². The van der Waals surface area contributed by atoms with Crippen LogP contribution in [0.5, 0.6) is 0 Å². The first-order valence-corrected chi connectivity index (χ1v) is 6.39. The maximum Gasteiger partial charge on any atom is 0.0907 e. The van der Waals surface area contributed by atoms with Crippen LogP contribution in [0.4, 0.5) is 0 Å². The molecule has 0 aromatic carbocycles. The van der Waals surface area contributed by atoms with Crippen molar-refractivity contribution >= 4 is 0 Å². The molecule has 0 saturated heterocycles. The normalized spacial score (nSPS) is 32.8. The molecule has 2 aliphatic carbocycles. The average molecular weight is 208 g/mol. The Hall–Kier alpha value is -0.300. The summed E-state index contributed by atoms with van der Waals surface area (Å²) in [6.07, 6.45) is 8.44. The molecule has 86 valence electrons. The van der Waals surface area contributed by atoms with Gasteiger partial charge in [0.15, 0.2) is 0 Å². The lowest BCUT2D eigenvalue weighted by Crippen LogP contribution is -2.42. The predicted octanol–water partition coefficient (Wildman–Crippen LogP) is 3.82. The topological polar surface area (TPSA) is 20.2 Å². The minimum Gasteiger partial charge on any atom is -0.385 e. The zero-order valence-corrected chi connectivity index (χ0v) is 10.4. The molecule has 0 aromatic heterocycles. The molecule has 0 radical (unpaired) electrons. The summed E-state index contributed by atoms with van der Waals surface area (Å²) in [6, 6.07) is 0. The van der Waals surface area contributed by atoms with Crippen LogP contribution in [-0.2, 0) is 0 Å². The molecule has 2 fully saturated rings. The fourth-order valence-electron chi connectivity index (χ4n) is 3.28. The second kappa shape index (κ2) is 3.62. The second-order valence-corrected chi connectivity index (χ2v) is 6.25. The van der Waals surface area contributed by atoms with Gasteiger partial charge in [-0.1, -0.05) is 26.3 Å². The van der Waals surface area contributed by atoms with E-state index < -0.39 is 5.60 Å². The van der Waals surface area contributed by atoms with E-state index in [0.717, 1.165) is 12.8 Å². The molecule has 1 nitrogen and oxygen atoms in total. The largest absolute Gasteiger partial charge is 0.385 e. The Balaban J connectivity index is 2.36. The molecule has 2 aliphatic rings. The van der Waals surface area contributed by atoms with E-state index in [1.807, 2.05) is 0 Å². The zero-order chi connectivity index (χ0) is 11.1. The number of hydrogen-bond acceptors (Lipinski definition) is 1. The summed E-state index contributed by atoms with van der Waals surface area (Å²) in [4.78, 5) is 0. The first-order valence-electron chi connectivity index (χ1n) is 6.39. The highest BCUT2D eigenvalue weighted by Gasteiger charge is 2.47. The number of allylic oxidation sites excluding steroid dienone is 1. The van der Waals surface area contributed by atoms with Gasteiger partial charge in [-0.2, -0.15) is 0 Å². The molecular weight excluding hydrogens is 184 g/mol. The van der Waals surface area contributed by atoms with E-state index in [1.54, 1.807) is 5.57 Å². The second-order valence-electron chi connectivity index (χ2n) is 6.25. The zero-order valence-electron chi connectivity index (χ0n) is 10.4. The van der Waals surface area contributed by atoms with Crippen molar-refractivity contribution in [1.82, 2.24) is 0 Å². The molecular formula is C14H24O. The Morgan fingerprint density at radius 1 is 1.00 bits per heavy atom. The molecule has 0 aliphatic heterocycles. The summed E-state index contributed by atoms with van der Waals surface area (Å²) >= 11 is 0. The molecule has 1 atom stereocenters. The predicted molar refractivity (Wildman–Crippen MR) is 63.7 cm³/mol. The average Bonchev–Trinajstić information content (AvgIpc) is 2.70. The van der Waals surface area contributed by atoms with Gasteiger partial charge in [-0.25, -0.2) is 0 Å². The highest BCUT2D eigenvalue weighted by molar-refractivity contribution is 5.31. The third kappa shape index (κ3) is 1.75. The van der Waals surface area contributed by atoms with Crippen molar-refractivity contribution in [2.24, 2.45) is 5.41 Å². The third-order valence-corrected chi connectivity index (χ3v) is 4.34. The molecule has 0 heterocycles. The molecule has 0 amide bonds. The lowest BCUT2D eigenvalue weighted by Gasteiger charge is -2.39. The van der Waals surface area contributed by atoms with Crippen LogP contribution in [0.2, 0.25) is 0 Å². The number of hydrogen-bond donors (Lipinski definition) is 1. The van der Waals surface area contributed by atoms with E-state index in [1.165, 1.54) is 37.7 Å². The van der Waals surface area contributed by atoms with Gasteiger partial charge in [-0.05, 0) is 55.9 Å². The summed E-state index contributed by atoms with van der Waals surface area (Å²) in [5.41, 5.74) is 2.48. The van der Waals surface area contributed by atoms with E-state index in [9.17, 15) is 5.11 Å². The molecule has 0 aromatic rings. The van der Waals surface area contributed by atoms with Crippen molar-refractivity contribution in [3.63, 3.8) is 0 Å². The molecule has 1 unspecified atom stereocenters. The summed E-state index contributed by atoms with van der Waals surface area (Å²) in [6.45, 7) is 6.52. The van der Waals surface area contributed by atoms with E-state index in [0.29, 0.717) is 0 Å². The minimum atomic E-state index is -0.507. The van der Waals surface area contributed by atoms with Crippen molar-refractivity contribution < 1.29 is 5.11 Å². The van der Waals surface area contributed by atoms with E-state index in [-0.39, 0.29) is 5.41 Å². The smallest absolute Gasteiger partial charge is 0.0907 e. The van der Waals surface area contributed by atoms with E-state index in [2.05, 4.69) is 20.8 Å². The van der Waals surface area contributed by atoms with Gasteiger partial charge < -0.3 is 5.11 Å². The maximum absolute atomic E-state index is 10.9. The van der Waals surface area contributed by atoms with Gasteiger partial charge in [0.1, 0.15) is 0 Å². The highest BCUT2D eigenvalue weighted by Crippen LogP contribution is 2.50. The molecule has 15 heavy (non-hydrogen) atoms. The van der Waals surface area contributed by atoms with Crippen LogP contribution in [-0.4, -0.2) is 10.7 Å². The fraction of sp³-hybridized carbons (Fsp3) is 0.857. The Morgan fingerprint density at radius 3 is 2.13 bits per heavy atom. The molecule has 0 bridgehead atoms. The Bertz CT molecular complexity index is 274. The lowest BCUT2D eigenvalue weighted by atomic mass is 9.72. The van der Waals surface area contributed by atoms with Crippen LogP contribution in [0.15, 0.2) is 11.1 Å². The van der Waals surface area contributed by atoms with Gasteiger partial charge in [0.25, 0.3) is 0 Å². The lowest BCUT2D eigenvalue weighted by molar-refractivity contribution is -0.0194. The van der Waals surface area contributed by atoms with Crippen LogP contribution in [0.3, 0.4) is 0 Å². The molecule has 1 heteroatoms. The van der Waals surface area contributed by atoms with Gasteiger partial charge >= 0.3 is 0 Å². The van der Waals surface area contributed by atoms with Crippen molar-refractivity contribution in [1.29, 1.82) is 0 Å². The van der Waals surface area contributed by atoms with Gasteiger partial charge in [-0.3, -0.25) is 0 Å². The Kier molecular flexibility index (Phi) is 2.70. The third-order valence-electron chi connectivity index (χ3n) is 4.34. The van der Waals surface area contributed by atoms with Crippen molar-refractivity contribution in [2.75, 3.05) is 0 Å². The molecule has 0 spiro atoms. The SMILES string of the molecule is CC(C)(C)C1(O)CCCC1=C1CCCC1. The highest BCUT2D eigenvalue weighted by atomic mass is 16.3. The van der Waals surface area contributed by atoms with Crippen LogP contribution in [0.1, 0.15) is 65.7 Å². The molecule has 1 N–H and O–H groups in total. The summed E-state index contributed by atoms with van der Waals surface area (Å²) in [5.74, 6) is 0. The monoisotopic (exact) mass is 208 g/mol. The first-order chi connectivity index (χ1) is 6.95. The summed E-state index contributed by atoms with van der Waals surface area (Å²) < 4.78 is 0. The van der Waals surface area contributed by atoms with E-state index in [4.69, 9.17) is 0 Å². The number of aliphatic hydroxyl groups is 1.